The highest BCUT2D eigenvalue weighted by molar-refractivity contribution is 7.99. The van der Waals surface area contributed by atoms with Crippen LogP contribution < -0.4 is 20.7 Å². The molecule has 0 radical (unpaired) electrons. The number of thioether (sulfide) groups is 1. The Morgan fingerprint density at radius 3 is 1.85 bits per heavy atom. The number of halogens is 1. The van der Waals surface area contributed by atoms with E-state index in [2.05, 4.69) is 38.8 Å². The molecule has 60 heavy (non-hydrogen) atoms. The van der Waals surface area contributed by atoms with Gasteiger partial charge in [-0.25, -0.2) is 4.79 Å². The molecule has 1 aliphatic rings. The second kappa shape index (κ2) is 19.5. The summed E-state index contributed by atoms with van der Waals surface area (Å²) in [5.41, 5.74) is 0.843. The summed E-state index contributed by atoms with van der Waals surface area (Å²) in [6, 6.07) is 39.1. The molecule has 1 saturated heterocycles. The molecule has 5 aromatic rings. The number of pyridine rings is 1. The first-order valence-corrected chi connectivity index (χ1v) is 25.9. The predicted molar refractivity (Wildman–Crippen MR) is 245 cm³/mol. The molecule has 0 aliphatic carbocycles. The molecular weight excluding hydrogens is 811 g/mol. The van der Waals surface area contributed by atoms with Gasteiger partial charge in [-0.05, 0) is 70.8 Å². The number of carbonyl (C=O) groups excluding carboxylic acids is 2. The largest absolute Gasteiger partial charge is 0.497 e. The highest BCUT2D eigenvalue weighted by Gasteiger charge is 2.60. The molecule has 1 aromatic heterocycles. The smallest absolute Gasteiger partial charge is 0.356 e. The summed E-state index contributed by atoms with van der Waals surface area (Å²) >= 11 is 1.38. The topological polar surface area (TPSA) is 98.2 Å². The van der Waals surface area contributed by atoms with Gasteiger partial charge in [-0.2, -0.15) is 0 Å². The zero-order chi connectivity index (χ0) is 43.1. The third kappa shape index (κ3) is 9.36. The van der Waals surface area contributed by atoms with Crippen molar-refractivity contribution in [2.45, 2.75) is 75.6 Å². The fourth-order valence-corrected chi connectivity index (χ4v) is 14.4. The maximum Gasteiger partial charge on any atom is 0.356 e. The van der Waals surface area contributed by atoms with E-state index in [0.29, 0.717) is 5.75 Å². The van der Waals surface area contributed by atoms with Crippen molar-refractivity contribution in [3.63, 3.8) is 0 Å². The van der Waals surface area contributed by atoms with Gasteiger partial charge in [-0.1, -0.05) is 124 Å². The van der Waals surface area contributed by atoms with Crippen LogP contribution in [0.15, 0.2) is 145 Å². The molecule has 12 heteroatoms. The van der Waals surface area contributed by atoms with Crippen molar-refractivity contribution >= 4 is 60.2 Å². The third-order valence-corrected chi connectivity index (χ3v) is 21.8. The quantitative estimate of drug-likeness (QED) is 0.0329. The maximum atomic E-state index is 16.1. The lowest BCUT2D eigenvalue weighted by molar-refractivity contribution is -0.163. The van der Waals surface area contributed by atoms with E-state index in [0.717, 1.165) is 26.4 Å². The highest BCUT2D eigenvalue weighted by Crippen LogP contribution is 2.51. The summed E-state index contributed by atoms with van der Waals surface area (Å²) in [5.74, 6) is -2.22. The number of ether oxygens (including phenoxy) is 2. The first-order chi connectivity index (χ1) is 28.7. The van der Waals surface area contributed by atoms with Crippen LogP contribution in [0.3, 0.4) is 0 Å². The molecule has 5 atom stereocenters. The van der Waals surface area contributed by atoms with Gasteiger partial charge >= 0.3 is 5.97 Å². The van der Waals surface area contributed by atoms with Crippen LogP contribution in [0.4, 0.5) is 4.39 Å². The van der Waals surface area contributed by atoms with Gasteiger partial charge in [0.25, 0.3) is 0 Å². The molecule has 6 rings (SSSR count). The zero-order valence-corrected chi connectivity index (χ0v) is 38.1. The summed E-state index contributed by atoms with van der Waals surface area (Å²) in [6.07, 6.45) is 1.49. The maximum absolute atomic E-state index is 16.1. The van der Waals surface area contributed by atoms with E-state index in [1.54, 1.807) is 31.6 Å². The van der Waals surface area contributed by atoms with E-state index in [-0.39, 0.29) is 28.7 Å². The number of likely N-dealkylation sites (tertiary alicyclic amines) is 1. The number of amides is 1. The number of aliphatic hydroxyl groups is 1. The molecule has 0 spiro atoms. The van der Waals surface area contributed by atoms with Gasteiger partial charge in [0.15, 0.2) is 8.32 Å². The Morgan fingerprint density at radius 2 is 1.38 bits per heavy atom. The van der Waals surface area contributed by atoms with Crippen LogP contribution in [0.5, 0.6) is 5.75 Å². The number of β-lactam (4-membered cyclic amide) rings is 1. The molecule has 0 unspecified atom stereocenters. The molecule has 1 fully saturated rings. The molecular formula is C48H56FN2O6PSSi. The second-order valence-corrected chi connectivity index (χ2v) is 25.8. The molecule has 8 nitrogen and oxygen atoms in total. The zero-order valence-electron chi connectivity index (χ0n) is 35.4. The van der Waals surface area contributed by atoms with E-state index >= 15 is 14.0 Å². The summed E-state index contributed by atoms with van der Waals surface area (Å²) in [7, 11) is -0.879. The number of aromatic nitrogens is 1. The van der Waals surface area contributed by atoms with Crippen LogP contribution in [0.2, 0.25) is 18.1 Å². The van der Waals surface area contributed by atoms with Crippen molar-refractivity contribution in [2.24, 2.45) is 11.8 Å². The Bertz CT molecular complexity index is 2140. The number of carbonyl (C=O) groups is 2. The number of aliphatic hydroxyl groups excluding tert-OH is 1. The SMILES string of the molecule is COc1ccc(COC(=O)C(N2C(=O)[C@H]([C@@H](C)O[Si](C)(C)C(C)(C)C)[C@H]2[C@@H](CF)[C@@H](O)CSc2ccncc2)=P(c2ccccc2)(c2ccccc2)c2ccccc2)cc1. The number of esters is 1. The van der Waals surface area contributed by atoms with Crippen molar-refractivity contribution in [2.75, 3.05) is 19.5 Å². The molecule has 4 aromatic carbocycles. The van der Waals surface area contributed by atoms with E-state index < -0.39 is 57.9 Å². The Balaban J connectivity index is 1.62. The van der Waals surface area contributed by atoms with Gasteiger partial charge in [-0.3, -0.25) is 14.2 Å². The van der Waals surface area contributed by atoms with E-state index in [1.807, 2.05) is 122 Å². The Hall–Kier alpha value is -4.51. The number of alkyl halides is 1. The Morgan fingerprint density at radius 1 is 0.867 bits per heavy atom. The van der Waals surface area contributed by atoms with E-state index in [9.17, 15) is 5.11 Å². The monoisotopic (exact) mass is 866 g/mol. The van der Waals surface area contributed by atoms with Crippen molar-refractivity contribution in [1.29, 1.82) is 0 Å². The lowest BCUT2D eigenvalue weighted by Crippen LogP contribution is -2.72. The van der Waals surface area contributed by atoms with Gasteiger partial charge in [0, 0.05) is 35.8 Å². The first kappa shape index (κ1) is 45.0. The summed E-state index contributed by atoms with van der Waals surface area (Å²) < 4.78 is 34.6. The van der Waals surface area contributed by atoms with Gasteiger partial charge in [0.2, 0.25) is 5.91 Å². The van der Waals surface area contributed by atoms with Gasteiger partial charge in [-0.15, -0.1) is 11.8 Å². The molecule has 2 heterocycles. The summed E-state index contributed by atoms with van der Waals surface area (Å²) in [6.45, 7) is 8.13. The summed E-state index contributed by atoms with van der Waals surface area (Å²) in [4.78, 5) is 37.4. The molecule has 1 aliphatic heterocycles. The van der Waals surface area contributed by atoms with Gasteiger partial charge in [0.05, 0.1) is 38.0 Å². The number of methoxy groups -OCH3 is 1. The minimum absolute atomic E-state index is 0.0938. The van der Waals surface area contributed by atoms with Crippen LogP contribution >= 0.6 is 18.6 Å². The first-order valence-electron chi connectivity index (χ1n) is 20.3. The minimum atomic E-state index is -3.34. The second-order valence-electron chi connectivity index (χ2n) is 16.6. The van der Waals surface area contributed by atoms with Crippen molar-refractivity contribution in [1.82, 2.24) is 9.88 Å². The van der Waals surface area contributed by atoms with Crippen LogP contribution in [-0.2, 0) is 25.4 Å². The third-order valence-electron chi connectivity index (χ3n) is 11.9. The van der Waals surface area contributed by atoms with E-state index in [1.165, 1.54) is 16.7 Å². The number of nitrogens with zero attached hydrogens (tertiary/aromatic N) is 2. The average molecular weight is 867 g/mol. The normalized spacial score (nSPS) is 17.3. The van der Waals surface area contributed by atoms with Gasteiger partial charge in [0.1, 0.15) is 17.8 Å². The molecule has 316 valence electrons. The lowest BCUT2D eigenvalue weighted by Gasteiger charge is -2.55. The Kier molecular flexibility index (Phi) is 14.6. The molecule has 1 amide bonds. The summed E-state index contributed by atoms with van der Waals surface area (Å²) in [5, 5.41) is 14.3. The fraction of sp³-hybridized carbons (Fsp3) is 0.333. The van der Waals surface area contributed by atoms with Crippen LogP contribution in [0.1, 0.15) is 33.3 Å². The average Bonchev–Trinajstić information content (AvgIpc) is 3.25. The van der Waals surface area contributed by atoms with E-state index in [4.69, 9.17) is 13.9 Å². The molecule has 0 saturated carbocycles. The van der Waals surface area contributed by atoms with Crippen LogP contribution in [-0.4, -0.2) is 78.4 Å². The lowest BCUT2D eigenvalue weighted by atomic mass is 9.74. The van der Waals surface area contributed by atoms with Crippen molar-refractivity contribution in [3.8, 4) is 5.75 Å². The van der Waals surface area contributed by atoms with Crippen LogP contribution in [0.25, 0.3) is 0 Å². The Labute approximate surface area is 359 Å². The number of hydrogen-bond acceptors (Lipinski definition) is 8. The molecule has 1 N–H and O–H groups in total. The number of benzene rings is 4. The number of rotatable bonds is 17. The highest BCUT2D eigenvalue weighted by atomic mass is 32.2. The van der Waals surface area contributed by atoms with Crippen LogP contribution in [0, 0.1) is 11.8 Å². The predicted octanol–water partition coefficient (Wildman–Crippen LogP) is 8.23. The fourth-order valence-electron chi connectivity index (χ4n) is 7.69. The van der Waals surface area contributed by atoms with Crippen molar-refractivity contribution < 1.29 is 33.0 Å². The number of hydrogen-bond donors (Lipinski definition) is 1. The van der Waals surface area contributed by atoms with Gasteiger partial charge < -0.3 is 23.9 Å². The standard InChI is InChI=1S/C48H56FN2O6PSSi/c1-34(57-60(6,7)48(2,3)4)43-44(41(31-49)42(52)33-59-40-27-29-50-30-28-40)51(45(43)53)46(47(54)56-32-35-23-25-36(55-5)26-24-35)58(37-17-11-8-12-18-37,38-19-13-9-14-20-38)39-21-15-10-16-22-39/h8-30,34,41-44,52H,31-33H2,1-7H3/t34-,41+,42+,43-,44-/m1/s1. The van der Waals surface area contributed by atoms with Crippen molar-refractivity contribution in [3.05, 3.63) is 145 Å². The minimum Gasteiger partial charge on any atom is -0.497 e. The molecule has 0 bridgehead atoms.